The van der Waals surface area contributed by atoms with Crippen LogP contribution in [-0.4, -0.2) is 41.4 Å². The Bertz CT molecular complexity index is 221. The van der Waals surface area contributed by atoms with E-state index in [0.717, 1.165) is 0 Å². The Morgan fingerprint density at radius 1 is 1.40 bits per heavy atom. The number of rotatable bonds is 7. The Morgan fingerprint density at radius 2 is 2.00 bits per heavy atom. The van der Waals surface area contributed by atoms with Gasteiger partial charge in [0.15, 0.2) is 0 Å². The molecule has 3 N–H and O–H groups in total. The topological polar surface area (TPSA) is 78.4 Å². The predicted octanol–water partition coefficient (Wildman–Crippen LogP) is -0.126. The molecule has 6 heteroatoms. The standard InChI is InChI=1S/C9H18N2O3S/c1-6(2)11-7(5-8(12)13)9(14)10-3-4-15/h6-7,11,15H,3-5H2,1-2H3,(H,10,14)(H,12,13). The molecule has 5 nitrogen and oxygen atoms in total. The minimum absolute atomic E-state index is 0.0658. The van der Waals surface area contributed by atoms with Crippen molar-refractivity contribution in [1.82, 2.24) is 10.6 Å². The monoisotopic (exact) mass is 234 g/mol. The zero-order valence-corrected chi connectivity index (χ0v) is 9.88. The second-order valence-electron chi connectivity index (χ2n) is 3.49. The molecule has 0 radical (unpaired) electrons. The van der Waals surface area contributed by atoms with Gasteiger partial charge in [0.05, 0.1) is 12.5 Å². The number of thiol groups is 1. The molecule has 1 unspecified atom stereocenters. The maximum atomic E-state index is 11.5. The number of carboxylic acids is 1. The van der Waals surface area contributed by atoms with Gasteiger partial charge in [-0.3, -0.25) is 9.59 Å². The first-order valence-corrected chi connectivity index (χ1v) is 5.47. The van der Waals surface area contributed by atoms with Crippen molar-refractivity contribution in [1.29, 1.82) is 0 Å². The van der Waals surface area contributed by atoms with Crippen LogP contribution in [0.5, 0.6) is 0 Å². The minimum atomic E-state index is -0.992. The van der Waals surface area contributed by atoms with E-state index in [4.69, 9.17) is 5.11 Å². The van der Waals surface area contributed by atoms with Crippen LogP contribution in [0, 0.1) is 0 Å². The van der Waals surface area contributed by atoms with E-state index >= 15 is 0 Å². The van der Waals surface area contributed by atoms with Crippen LogP contribution in [-0.2, 0) is 9.59 Å². The summed E-state index contributed by atoms with van der Waals surface area (Å²) in [5.41, 5.74) is 0. The molecule has 0 aliphatic heterocycles. The van der Waals surface area contributed by atoms with Crippen molar-refractivity contribution < 1.29 is 14.7 Å². The van der Waals surface area contributed by atoms with Crippen LogP contribution in [0.4, 0.5) is 0 Å². The molecule has 88 valence electrons. The fraction of sp³-hybridized carbons (Fsp3) is 0.778. The lowest BCUT2D eigenvalue weighted by atomic mass is 10.1. The lowest BCUT2D eigenvalue weighted by Crippen LogP contribution is -2.48. The summed E-state index contributed by atoms with van der Waals surface area (Å²) in [6.45, 7) is 4.17. The summed E-state index contributed by atoms with van der Waals surface area (Å²) >= 11 is 3.95. The summed E-state index contributed by atoms with van der Waals surface area (Å²) < 4.78 is 0. The number of carboxylic acid groups (broad SMARTS) is 1. The van der Waals surface area contributed by atoms with Crippen molar-refractivity contribution in [2.24, 2.45) is 0 Å². The van der Waals surface area contributed by atoms with E-state index in [1.807, 2.05) is 13.8 Å². The Labute approximate surface area is 95.0 Å². The number of hydrogen-bond donors (Lipinski definition) is 4. The van der Waals surface area contributed by atoms with Gasteiger partial charge in [-0.2, -0.15) is 12.6 Å². The smallest absolute Gasteiger partial charge is 0.305 e. The summed E-state index contributed by atoms with van der Waals surface area (Å²) in [5, 5.41) is 14.1. The fourth-order valence-corrected chi connectivity index (χ4v) is 1.22. The highest BCUT2D eigenvalue weighted by molar-refractivity contribution is 7.80. The van der Waals surface area contributed by atoms with E-state index in [0.29, 0.717) is 12.3 Å². The second-order valence-corrected chi connectivity index (χ2v) is 3.93. The van der Waals surface area contributed by atoms with Gasteiger partial charge in [-0.25, -0.2) is 0 Å². The lowest BCUT2D eigenvalue weighted by molar-refractivity contribution is -0.140. The number of amides is 1. The van der Waals surface area contributed by atoms with E-state index < -0.39 is 12.0 Å². The average Bonchev–Trinajstić information content (AvgIpc) is 2.11. The van der Waals surface area contributed by atoms with Crippen molar-refractivity contribution >= 4 is 24.5 Å². The summed E-state index contributed by atoms with van der Waals surface area (Å²) in [5.74, 6) is -0.748. The summed E-state index contributed by atoms with van der Waals surface area (Å²) in [4.78, 5) is 22.0. The molecule has 15 heavy (non-hydrogen) atoms. The molecule has 0 aromatic heterocycles. The van der Waals surface area contributed by atoms with Gasteiger partial charge < -0.3 is 15.7 Å². The van der Waals surface area contributed by atoms with E-state index in [2.05, 4.69) is 23.3 Å². The maximum Gasteiger partial charge on any atom is 0.305 e. The molecule has 0 saturated heterocycles. The van der Waals surface area contributed by atoms with Gasteiger partial charge in [-0.15, -0.1) is 0 Å². The third kappa shape index (κ3) is 7.21. The molecule has 0 fully saturated rings. The van der Waals surface area contributed by atoms with Gasteiger partial charge >= 0.3 is 5.97 Å². The SMILES string of the molecule is CC(C)NC(CC(=O)O)C(=O)NCCS. The Balaban J connectivity index is 4.20. The molecule has 0 aromatic rings. The van der Waals surface area contributed by atoms with E-state index in [-0.39, 0.29) is 18.4 Å². The van der Waals surface area contributed by atoms with E-state index in [9.17, 15) is 9.59 Å². The lowest BCUT2D eigenvalue weighted by Gasteiger charge is -2.18. The van der Waals surface area contributed by atoms with Gasteiger partial charge in [-0.1, -0.05) is 13.8 Å². The van der Waals surface area contributed by atoms with Gasteiger partial charge in [-0.05, 0) is 0 Å². The summed E-state index contributed by atoms with van der Waals surface area (Å²) in [7, 11) is 0. The highest BCUT2D eigenvalue weighted by atomic mass is 32.1. The highest BCUT2D eigenvalue weighted by Crippen LogP contribution is 1.95. The predicted molar refractivity (Wildman–Crippen MR) is 61.2 cm³/mol. The normalized spacial score (nSPS) is 12.5. The number of carbonyl (C=O) groups excluding carboxylic acids is 1. The van der Waals surface area contributed by atoms with Crippen LogP contribution in [0.3, 0.4) is 0 Å². The molecule has 0 spiro atoms. The number of nitrogens with one attached hydrogen (secondary N) is 2. The van der Waals surface area contributed by atoms with Crippen LogP contribution >= 0.6 is 12.6 Å². The van der Waals surface area contributed by atoms with Crippen molar-refractivity contribution in [3.63, 3.8) is 0 Å². The van der Waals surface area contributed by atoms with Crippen molar-refractivity contribution in [2.75, 3.05) is 12.3 Å². The molecule has 1 amide bonds. The Morgan fingerprint density at radius 3 is 2.40 bits per heavy atom. The zero-order valence-electron chi connectivity index (χ0n) is 8.99. The van der Waals surface area contributed by atoms with Crippen LogP contribution in [0.15, 0.2) is 0 Å². The van der Waals surface area contributed by atoms with Gasteiger partial charge in [0.1, 0.15) is 0 Å². The molecule has 0 rings (SSSR count). The first-order valence-electron chi connectivity index (χ1n) is 4.83. The van der Waals surface area contributed by atoms with Gasteiger partial charge in [0, 0.05) is 18.3 Å². The molecule has 0 aliphatic rings. The van der Waals surface area contributed by atoms with Crippen LogP contribution in [0.2, 0.25) is 0 Å². The number of aliphatic carboxylic acids is 1. The maximum absolute atomic E-state index is 11.5. The van der Waals surface area contributed by atoms with Crippen molar-refractivity contribution in [3.8, 4) is 0 Å². The molecular weight excluding hydrogens is 216 g/mol. The largest absolute Gasteiger partial charge is 0.481 e. The second kappa shape index (κ2) is 7.53. The quantitative estimate of drug-likeness (QED) is 0.463. The molecule has 0 heterocycles. The highest BCUT2D eigenvalue weighted by Gasteiger charge is 2.21. The number of hydrogen-bond acceptors (Lipinski definition) is 4. The third-order valence-electron chi connectivity index (χ3n) is 1.64. The number of carbonyl (C=O) groups is 2. The van der Waals surface area contributed by atoms with Gasteiger partial charge in [0.25, 0.3) is 0 Å². The minimum Gasteiger partial charge on any atom is -0.481 e. The van der Waals surface area contributed by atoms with Crippen molar-refractivity contribution in [2.45, 2.75) is 32.4 Å². The average molecular weight is 234 g/mol. The fourth-order valence-electron chi connectivity index (χ4n) is 1.11. The van der Waals surface area contributed by atoms with Gasteiger partial charge in [0.2, 0.25) is 5.91 Å². The van der Waals surface area contributed by atoms with E-state index in [1.54, 1.807) is 0 Å². The summed E-state index contributed by atoms with van der Waals surface area (Å²) in [6.07, 6.45) is -0.212. The van der Waals surface area contributed by atoms with Crippen LogP contribution in [0.25, 0.3) is 0 Å². The molecule has 1 atom stereocenters. The van der Waals surface area contributed by atoms with Crippen LogP contribution < -0.4 is 10.6 Å². The Kier molecular flexibility index (Phi) is 7.15. The Hall–Kier alpha value is -0.750. The molecule has 0 saturated carbocycles. The molecule has 0 bridgehead atoms. The first kappa shape index (κ1) is 14.2. The van der Waals surface area contributed by atoms with Crippen molar-refractivity contribution in [3.05, 3.63) is 0 Å². The third-order valence-corrected chi connectivity index (χ3v) is 1.86. The first-order chi connectivity index (χ1) is 6.97. The molecule has 0 aromatic carbocycles. The molecular formula is C9H18N2O3S. The van der Waals surface area contributed by atoms with E-state index in [1.165, 1.54) is 0 Å². The summed E-state index contributed by atoms with van der Waals surface area (Å²) in [6, 6.07) is -0.613. The molecule has 0 aliphatic carbocycles. The van der Waals surface area contributed by atoms with Crippen LogP contribution in [0.1, 0.15) is 20.3 Å². The zero-order chi connectivity index (χ0) is 11.8.